The Kier molecular flexibility index (Phi) is 10.7. The van der Waals surface area contributed by atoms with E-state index in [1.54, 1.807) is 0 Å². The van der Waals surface area contributed by atoms with Gasteiger partial charge in [-0.05, 0) is 53.1 Å². The summed E-state index contributed by atoms with van der Waals surface area (Å²) in [6.07, 6.45) is 0. The Morgan fingerprint density at radius 2 is 0.600 bits per heavy atom. The third-order valence-corrected chi connectivity index (χ3v) is 15.0. The highest BCUT2D eigenvalue weighted by Crippen LogP contribution is 2.51. The Bertz CT molecular complexity index is 2590. The van der Waals surface area contributed by atoms with Crippen LogP contribution in [0.3, 0.4) is 0 Å². The second kappa shape index (κ2) is 16.7. The molecule has 3 aliphatic heterocycles. The Morgan fingerprint density at radius 3 is 0.900 bits per heavy atom. The SMILES string of the molecule is O=c1n(CCOP2Oc3ccccc3-c3ccccc32)c(=O)n(CCOP2Oc3ccccc3-c3ccccc32)c(=O)n1CCOP1Oc2ccccc2-c2ccccc21. The topological polar surface area (TPSA) is 121 Å². The van der Waals surface area contributed by atoms with Gasteiger partial charge in [-0.15, -0.1) is 0 Å². The van der Waals surface area contributed by atoms with Crippen LogP contribution in [0.4, 0.5) is 0 Å². The molecule has 0 fully saturated rings. The van der Waals surface area contributed by atoms with Gasteiger partial charge in [0.25, 0.3) is 25.1 Å². The van der Waals surface area contributed by atoms with E-state index in [1.165, 1.54) is 0 Å². The molecule has 1 aromatic heterocycles. The van der Waals surface area contributed by atoms with Crippen molar-refractivity contribution in [2.75, 3.05) is 19.8 Å². The molecule has 4 heterocycles. The van der Waals surface area contributed by atoms with Gasteiger partial charge in [0.05, 0.1) is 55.4 Å². The molecule has 0 radical (unpaired) electrons. The van der Waals surface area contributed by atoms with Crippen LogP contribution in [0.1, 0.15) is 0 Å². The monoisotopic (exact) mass is 855 g/mol. The maximum Gasteiger partial charge on any atom is 0.336 e. The average Bonchev–Trinajstić information content (AvgIpc) is 3.29. The highest BCUT2D eigenvalue weighted by atomic mass is 31.2. The van der Waals surface area contributed by atoms with Crippen molar-refractivity contribution in [3.05, 3.63) is 177 Å². The van der Waals surface area contributed by atoms with Gasteiger partial charge in [-0.3, -0.25) is 0 Å². The lowest BCUT2D eigenvalue weighted by atomic mass is 10.0. The van der Waals surface area contributed by atoms with Crippen molar-refractivity contribution in [2.45, 2.75) is 19.6 Å². The molecule has 3 atom stereocenters. The molecule has 6 aromatic carbocycles. The predicted octanol–water partition coefficient (Wildman–Crippen LogP) is 7.31. The van der Waals surface area contributed by atoms with Gasteiger partial charge in [0.15, 0.2) is 0 Å². The van der Waals surface area contributed by atoms with Crippen LogP contribution < -0.4 is 46.6 Å². The Morgan fingerprint density at radius 1 is 0.350 bits per heavy atom. The Hall–Kier alpha value is -5.70. The number of fused-ring (bicyclic) bond motifs is 9. The average molecular weight is 856 g/mol. The van der Waals surface area contributed by atoms with Crippen molar-refractivity contribution < 1.29 is 27.1 Å². The summed E-state index contributed by atoms with van der Waals surface area (Å²) in [6, 6.07) is 46.8. The molecule has 3 unspecified atom stereocenters. The van der Waals surface area contributed by atoms with Crippen LogP contribution in [0.25, 0.3) is 33.4 Å². The minimum atomic E-state index is -1.58. The highest BCUT2D eigenvalue weighted by Gasteiger charge is 2.31. The fourth-order valence-electron chi connectivity index (χ4n) is 7.49. The van der Waals surface area contributed by atoms with Crippen molar-refractivity contribution in [3.8, 4) is 50.6 Å². The fraction of sp³-hybridized carbons (Fsp3) is 0.133. The molecule has 0 amide bonds. The Balaban J connectivity index is 0.910. The lowest BCUT2D eigenvalue weighted by molar-refractivity contribution is 0.263. The smallest absolute Gasteiger partial charge is 0.336 e. The summed E-state index contributed by atoms with van der Waals surface area (Å²) in [6.45, 7) is -0.503. The minimum absolute atomic E-state index is 0.0345. The van der Waals surface area contributed by atoms with Crippen LogP contribution >= 0.6 is 25.1 Å². The molecule has 0 N–H and O–H groups in total. The lowest BCUT2D eigenvalue weighted by Crippen LogP contribution is -2.55. The molecule has 10 rings (SSSR count). The molecule has 15 heteroatoms. The van der Waals surface area contributed by atoms with Crippen molar-refractivity contribution in [2.24, 2.45) is 0 Å². The summed E-state index contributed by atoms with van der Waals surface area (Å²) >= 11 is 0. The van der Waals surface area contributed by atoms with Crippen LogP contribution in [0.15, 0.2) is 160 Å². The van der Waals surface area contributed by atoms with E-state index in [0.29, 0.717) is 17.2 Å². The largest absolute Gasteiger partial charge is 0.443 e. The molecule has 300 valence electrons. The summed E-state index contributed by atoms with van der Waals surface area (Å²) in [4.78, 5) is 42.4. The van der Waals surface area contributed by atoms with Gasteiger partial charge in [-0.25, -0.2) is 28.1 Å². The predicted molar refractivity (Wildman–Crippen MR) is 234 cm³/mol. The maximum absolute atomic E-state index is 14.1. The van der Waals surface area contributed by atoms with Crippen LogP contribution in [0.5, 0.6) is 17.2 Å². The summed E-state index contributed by atoms with van der Waals surface area (Å²) in [7, 11) is -4.74. The van der Waals surface area contributed by atoms with Crippen molar-refractivity contribution in [1.82, 2.24) is 13.7 Å². The normalized spacial score (nSPS) is 16.7. The van der Waals surface area contributed by atoms with Crippen LogP contribution in [-0.4, -0.2) is 33.5 Å². The summed E-state index contributed by atoms with van der Waals surface area (Å²) in [5.41, 5.74) is 3.58. The van der Waals surface area contributed by atoms with E-state index in [4.69, 9.17) is 27.1 Å². The highest BCUT2D eigenvalue weighted by molar-refractivity contribution is 7.57. The zero-order chi connectivity index (χ0) is 40.6. The standard InChI is InChI=1S/C45H36N3O9P3/c49-43-46(25-28-52-58-40-22-10-4-16-34(40)31-13-1-7-19-37(31)55-58)44(50)48(27-30-54-60-42-24-12-6-18-36(42)33-15-3-9-21-39(33)57-60)45(51)47(43)26-29-53-59-41-23-11-5-17-35(41)32-14-2-8-20-38(32)56-59/h1-24H,25-30H2. The van der Waals surface area contributed by atoms with Gasteiger partial charge in [0.1, 0.15) is 17.2 Å². The van der Waals surface area contributed by atoms with Crippen LogP contribution in [-0.2, 0) is 33.2 Å². The first-order valence-electron chi connectivity index (χ1n) is 19.4. The molecule has 7 aromatic rings. The number of hydrogen-bond donors (Lipinski definition) is 0. The molecule has 0 saturated carbocycles. The quantitative estimate of drug-likeness (QED) is 0.117. The Labute approximate surface area is 347 Å². The minimum Gasteiger partial charge on any atom is -0.443 e. The number of rotatable bonds is 12. The van der Waals surface area contributed by atoms with Gasteiger partial charge in [0, 0.05) is 16.7 Å². The van der Waals surface area contributed by atoms with E-state index >= 15 is 0 Å². The molecule has 0 spiro atoms. The van der Waals surface area contributed by atoms with E-state index in [-0.39, 0.29) is 39.5 Å². The second-order valence-electron chi connectivity index (χ2n) is 13.9. The number of hydrogen-bond acceptors (Lipinski definition) is 9. The van der Waals surface area contributed by atoms with Gasteiger partial charge in [0.2, 0.25) is 0 Å². The first-order valence-corrected chi connectivity index (χ1v) is 22.9. The van der Waals surface area contributed by atoms with Crippen molar-refractivity contribution in [3.63, 3.8) is 0 Å². The first-order chi connectivity index (χ1) is 29.5. The number of benzene rings is 6. The molecule has 12 nitrogen and oxygen atoms in total. The van der Waals surface area contributed by atoms with Crippen LogP contribution in [0.2, 0.25) is 0 Å². The molecule has 3 aliphatic rings. The molecule has 0 bridgehead atoms. The van der Waals surface area contributed by atoms with E-state index in [0.717, 1.165) is 63.0 Å². The zero-order valence-corrected chi connectivity index (χ0v) is 34.6. The van der Waals surface area contributed by atoms with Gasteiger partial charge >= 0.3 is 17.1 Å². The van der Waals surface area contributed by atoms with Crippen molar-refractivity contribution >= 4 is 41.0 Å². The van der Waals surface area contributed by atoms with Gasteiger partial charge in [-0.2, -0.15) is 0 Å². The first kappa shape index (κ1) is 38.5. The van der Waals surface area contributed by atoms with E-state index < -0.39 is 42.2 Å². The van der Waals surface area contributed by atoms with Crippen molar-refractivity contribution in [1.29, 1.82) is 0 Å². The van der Waals surface area contributed by atoms with E-state index in [9.17, 15) is 14.4 Å². The summed E-state index contributed by atoms with van der Waals surface area (Å²) < 4.78 is 40.9. The number of aromatic nitrogens is 3. The molecular formula is C45H36N3O9P3. The zero-order valence-electron chi connectivity index (χ0n) is 32.0. The van der Waals surface area contributed by atoms with E-state index in [1.807, 2.05) is 146 Å². The third-order valence-electron chi connectivity index (χ3n) is 10.3. The lowest BCUT2D eigenvalue weighted by Gasteiger charge is -2.27. The maximum atomic E-state index is 14.1. The number of nitrogens with zero attached hydrogens (tertiary/aromatic N) is 3. The van der Waals surface area contributed by atoms with Crippen LogP contribution in [0, 0.1) is 0 Å². The third kappa shape index (κ3) is 7.20. The summed E-state index contributed by atoms with van der Waals surface area (Å²) in [5.74, 6) is 2.08. The van der Waals surface area contributed by atoms with E-state index in [2.05, 4.69) is 0 Å². The molecule has 0 aliphatic carbocycles. The second-order valence-corrected chi connectivity index (χ2v) is 18.2. The molecule has 0 saturated heterocycles. The molecular weight excluding hydrogens is 819 g/mol. The molecule has 60 heavy (non-hydrogen) atoms. The van der Waals surface area contributed by atoms with Gasteiger partial charge < -0.3 is 27.1 Å². The van der Waals surface area contributed by atoms with Gasteiger partial charge in [-0.1, -0.05) is 109 Å². The summed E-state index contributed by atoms with van der Waals surface area (Å²) in [5, 5.41) is 2.67. The number of para-hydroxylation sites is 3. The fourth-order valence-corrected chi connectivity index (χ4v) is 11.9.